The fourth-order valence-corrected chi connectivity index (χ4v) is 3.11. The van der Waals surface area contributed by atoms with E-state index in [4.69, 9.17) is 0 Å². The molecule has 0 spiro atoms. The van der Waals surface area contributed by atoms with Crippen molar-refractivity contribution in [1.29, 1.82) is 0 Å². The topological polar surface area (TPSA) is 61.4 Å². The molecule has 102 valence electrons. The van der Waals surface area contributed by atoms with Gasteiger partial charge in [0.2, 0.25) is 11.8 Å². The molecule has 0 aliphatic carbocycles. The second-order valence-corrected chi connectivity index (χ2v) is 5.55. The molecule has 2 unspecified atom stereocenters. The SMILES string of the molecule is CC(=O)NC(CS)C(=O)NC1CN2CCC1CC2. The maximum atomic E-state index is 12.1. The molecule has 2 amide bonds. The molecule has 3 rings (SSSR count). The molecule has 3 saturated heterocycles. The first-order valence-electron chi connectivity index (χ1n) is 6.51. The molecule has 2 bridgehead atoms. The van der Waals surface area contributed by atoms with Gasteiger partial charge in [-0.3, -0.25) is 9.59 Å². The number of piperidine rings is 3. The molecule has 3 aliphatic rings. The van der Waals surface area contributed by atoms with Gasteiger partial charge in [0.15, 0.2) is 0 Å². The molecule has 3 aliphatic heterocycles. The van der Waals surface area contributed by atoms with Crippen LogP contribution in [0.5, 0.6) is 0 Å². The maximum absolute atomic E-state index is 12.1. The number of fused-ring (bicyclic) bond motifs is 3. The average molecular weight is 271 g/mol. The predicted octanol–water partition coefficient (Wildman–Crippen LogP) is -0.369. The molecule has 0 saturated carbocycles. The zero-order valence-electron chi connectivity index (χ0n) is 10.7. The number of amides is 2. The Hall–Kier alpha value is -0.750. The van der Waals surface area contributed by atoms with Gasteiger partial charge in [-0.05, 0) is 31.8 Å². The summed E-state index contributed by atoms with van der Waals surface area (Å²) < 4.78 is 0. The minimum absolute atomic E-state index is 0.112. The van der Waals surface area contributed by atoms with Crippen LogP contribution in [-0.4, -0.2) is 54.2 Å². The zero-order valence-corrected chi connectivity index (χ0v) is 11.6. The van der Waals surface area contributed by atoms with Crippen molar-refractivity contribution >= 4 is 24.4 Å². The summed E-state index contributed by atoms with van der Waals surface area (Å²) in [5, 5.41) is 5.68. The number of rotatable bonds is 4. The van der Waals surface area contributed by atoms with Crippen LogP contribution in [0.15, 0.2) is 0 Å². The minimum Gasteiger partial charge on any atom is -0.350 e. The third-order valence-corrected chi connectivity index (χ3v) is 4.23. The van der Waals surface area contributed by atoms with E-state index in [9.17, 15) is 9.59 Å². The second-order valence-electron chi connectivity index (χ2n) is 5.19. The molecular weight excluding hydrogens is 250 g/mol. The lowest BCUT2D eigenvalue weighted by Crippen LogP contribution is -2.60. The summed E-state index contributed by atoms with van der Waals surface area (Å²) in [5.41, 5.74) is 0. The fraction of sp³-hybridized carbons (Fsp3) is 0.833. The van der Waals surface area contributed by atoms with E-state index < -0.39 is 6.04 Å². The Morgan fingerprint density at radius 1 is 1.39 bits per heavy atom. The standard InChI is InChI=1S/C12H21N3O2S/c1-8(16)13-11(7-18)12(17)14-10-6-15-4-2-9(10)3-5-15/h9-11,18H,2-7H2,1H3,(H,13,16)(H,14,17). The van der Waals surface area contributed by atoms with Crippen molar-refractivity contribution in [2.45, 2.75) is 31.8 Å². The van der Waals surface area contributed by atoms with Gasteiger partial charge in [0.25, 0.3) is 0 Å². The van der Waals surface area contributed by atoms with E-state index in [2.05, 4.69) is 28.2 Å². The molecule has 6 heteroatoms. The lowest BCUT2D eigenvalue weighted by atomic mass is 9.84. The summed E-state index contributed by atoms with van der Waals surface area (Å²) in [5.74, 6) is 0.612. The summed E-state index contributed by atoms with van der Waals surface area (Å²) in [6.07, 6.45) is 2.33. The number of hydrogen-bond donors (Lipinski definition) is 3. The van der Waals surface area contributed by atoms with Gasteiger partial charge >= 0.3 is 0 Å². The Morgan fingerprint density at radius 3 is 2.50 bits per heavy atom. The van der Waals surface area contributed by atoms with Crippen molar-refractivity contribution in [3.63, 3.8) is 0 Å². The Balaban J connectivity index is 1.88. The number of carbonyl (C=O) groups is 2. The lowest BCUT2D eigenvalue weighted by Gasteiger charge is -2.45. The van der Waals surface area contributed by atoms with Gasteiger partial charge in [0.05, 0.1) is 0 Å². The molecule has 0 aromatic rings. The second kappa shape index (κ2) is 5.93. The molecule has 5 nitrogen and oxygen atoms in total. The first-order chi connectivity index (χ1) is 8.60. The van der Waals surface area contributed by atoms with Crippen LogP contribution in [0.3, 0.4) is 0 Å². The van der Waals surface area contributed by atoms with Crippen LogP contribution in [-0.2, 0) is 9.59 Å². The minimum atomic E-state index is -0.527. The van der Waals surface area contributed by atoms with Crippen LogP contribution in [0.25, 0.3) is 0 Å². The van der Waals surface area contributed by atoms with Crippen molar-refractivity contribution in [3.05, 3.63) is 0 Å². The van der Waals surface area contributed by atoms with E-state index in [1.807, 2.05) is 0 Å². The normalized spacial score (nSPS) is 31.8. The number of nitrogens with zero attached hydrogens (tertiary/aromatic N) is 1. The average Bonchev–Trinajstić information content (AvgIpc) is 2.37. The Bertz CT molecular complexity index is 329. The van der Waals surface area contributed by atoms with E-state index in [0.29, 0.717) is 11.7 Å². The van der Waals surface area contributed by atoms with Gasteiger partial charge < -0.3 is 15.5 Å². The van der Waals surface area contributed by atoms with E-state index in [1.54, 1.807) is 0 Å². The molecule has 3 fully saturated rings. The van der Waals surface area contributed by atoms with Crippen molar-refractivity contribution in [2.24, 2.45) is 5.92 Å². The molecule has 2 N–H and O–H groups in total. The van der Waals surface area contributed by atoms with Crippen LogP contribution in [0, 0.1) is 5.92 Å². The molecule has 0 radical (unpaired) electrons. The van der Waals surface area contributed by atoms with Crippen LogP contribution in [0.4, 0.5) is 0 Å². The zero-order chi connectivity index (χ0) is 13.1. The van der Waals surface area contributed by atoms with Crippen molar-refractivity contribution in [1.82, 2.24) is 15.5 Å². The molecular formula is C12H21N3O2S. The van der Waals surface area contributed by atoms with Gasteiger partial charge in [-0.1, -0.05) is 0 Å². The van der Waals surface area contributed by atoms with E-state index in [0.717, 1.165) is 32.5 Å². The van der Waals surface area contributed by atoms with Crippen LogP contribution >= 0.6 is 12.6 Å². The highest BCUT2D eigenvalue weighted by Gasteiger charge is 2.35. The molecule has 3 heterocycles. The van der Waals surface area contributed by atoms with Gasteiger partial charge in [0.1, 0.15) is 6.04 Å². The maximum Gasteiger partial charge on any atom is 0.243 e. The largest absolute Gasteiger partial charge is 0.350 e. The van der Waals surface area contributed by atoms with Crippen molar-refractivity contribution in [2.75, 3.05) is 25.4 Å². The summed E-state index contributed by atoms with van der Waals surface area (Å²) >= 11 is 4.12. The lowest BCUT2D eigenvalue weighted by molar-refractivity contribution is -0.128. The Labute approximate surface area is 113 Å². The van der Waals surface area contributed by atoms with E-state index in [1.165, 1.54) is 6.92 Å². The molecule has 0 aromatic carbocycles. The molecule has 2 atom stereocenters. The van der Waals surface area contributed by atoms with Crippen LogP contribution in [0.2, 0.25) is 0 Å². The third-order valence-electron chi connectivity index (χ3n) is 3.86. The monoisotopic (exact) mass is 271 g/mol. The predicted molar refractivity (Wildman–Crippen MR) is 72.6 cm³/mol. The van der Waals surface area contributed by atoms with Crippen LogP contribution < -0.4 is 10.6 Å². The Morgan fingerprint density at radius 2 is 2.06 bits per heavy atom. The summed E-state index contributed by atoms with van der Waals surface area (Å²) in [7, 11) is 0. The summed E-state index contributed by atoms with van der Waals surface area (Å²) in [4.78, 5) is 25.5. The van der Waals surface area contributed by atoms with Crippen molar-refractivity contribution < 1.29 is 9.59 Å². The third kappa shape index (κ3) is 3.17. The number of hydrogen-bond acceptors (Lipinski definition) is 4. The highest BCUT2D eigenvalue weighted by Crippen LogP contribution is 2.27. The fourth-order valence-electron chi connectivity index (χ4n) is 2.85. The molecule has 18 heavy (non-hydrogen) atoms. The first kappa shape index (κ1) is 13.7. The number of carbonyl (C=O) groups excluding carboxylic acids is 2. The van der Waals surface area contributed by atoms with Crippen LogP contribution in [0.1, 0.15) is 19.8 Å². The quantitative estimate of drug-likeness (QED) is 0.612. The van der Waals surface area contributed by atoms with Gasteiger partial charge in [0, 0.05) is 25.3 Å². The van der Waals surface area contributed by atoms with Gasteiger partial charge in [-0.15, -0.1) is 0 Å². The van der Waals surface area contributed by atoms with Crippen molar-refractivity contribution in [3.8, 4) is 0 Å². The van der Waals surface area contributed by atoms with E-state index >= 15 is 0 Å². The summed E-state index contributed by atoms with van der Waals surface area (Å²) in [6.45, 7) is 4.66. The summed E-state index contributed by atoms with van der Waals surface area (Å²) in [6, 6.07) is -0.294. The first-order valence-corrected chi connectivity index (χ1v) is 7.14. The highest BCUT2D eigenvalue weighted by atomic mass is 32.1. The highest BCUT2D eigenvalue weighted by molar-refractivity contribution is 7.80. The van der Waals surface area contributed by atoms with E-state index in [-0.39, 0.29) is 17.9 Å². The number of thiol groups is 1. The molecule has 0 aromatic heterocycles. The number of nitrogens with one attached hydrogen (secondary N) is 2. The Kier molecular flexibility index (Phi) is 4.50. The van der Waals surface area contributed by atoms with Gasteiger partial charge in [-0.2, -0.15) is 12.6 Å². The smallest absolute Gasteiger partial charge is 0.243 e. The van der Waals surface area contributed by atoms with Gasteiger partial charge in [-0.25, -0.2) is 0 Å².